The summed E-state index contributed by atoms with van der Waals surface area (Å²) < 4.78 is 38.3. The first-order chi connectivity index (χ1) is 24.4. The summed E-state index contributed by atoms with van der Waals surface area (Å²) in [6, 6.07) is 21.6. The van der Waals surface area contributed by atoms with Crippen molar-refractivity contribution in [1.82, 2.24) is 0 Å². The van der Waals surface area contributed by atoms with E-state index in [2.05, 4.69) is 108 Å². The van der Waals surface area contributed by atoms with Crippen LogP contribution in [0.15, 0.2) is 73.0 Å². The Morgan fingerprint density at radius 3 is 1.92 bits per heavy atom. The molecule has 2 saturated heterocycles. The van der Waals surface area contributed by atoms with Crippen LogP contribution in [0.25, 0.3) is 0 Å². The van der Waals surface area contributed by atoms with E-state index in [1.165, 1.54) is 66.6 Å². The van der Waals surface area contributed by atoms with Crippen molar-refractivity contribution in [2.24, 2.45) is 0 Å². The number of hydrogen-bond donors (Lipinski definition) is 1. The molecule has 4 rings (SSSR count). The molecule has 6 nitrogen and oxygen atoms in total. The molecule has 0 aliphatic carbocycles. The van der Waals surface area contributed by atoms with E-state index in [4.69, 9.17) is 23.4 Å². The van der Waals surface area contributed by atoms with Gasteiger partial charge in [0.1, 0.15) is 0 Å². The van der Waals surface area contributed by atoms with Crippen LogP contribution in [0.1, 0.15) is 107 Å². The van der Waals surface area contributed by atoms with Gasteiger partial charge in [0.25, 0.3) is 0 Å². The van der Waals surface area contributed by atoms with Crippen LogP contribution in [-0.4, -0.2) is 81.3 Å². The van der Waals surface area contributed by atoms with Crippen molar-refractivity contribution in [3.63, 3.8) is 0 Å². The van der Waals surface area contributed by atoms with Gasteiger partial charge in [0, 0.05) is 0 Å². The standard InChI is InChI=1S/C31H43O6Si.3C4H9.Sn/c1-7-20-33-28-25(36-26-22-34-31(5,6)37-29(26)27(28)32)19-14-21-35-38(30(2,3)4,23-15-10-8-11-16-23)24-17-12-9-13-18-24;3*1-3-4-2;/h7-13,15-18,20,25-29,32H,1,14,19,21-22H2,2-6H3;3*1,3-4H2,2H3;/b20-7-;;;;/t25-,26+,27+,28-,29+;;;;/m0..../s1. The molecule has 2 aliphatic heterocycles. The van der Waals surface area contributed by atoms with Gasteiger partial charge in [-0.25, -0.2) is 0 Å². The predicted molar refractivity (Wildman–Crippen MR) is 216 cm³/mol. The molecule has 286 valence electrons. The van der Waals surface area contributed by atoms with Crippen LogP contribution in [0.3, 0.4) is 0 Å². The van der Waals surface area contributed by atoms with Gasteiger partial charge in [-0.2, -0.15) is 0 Å². The van der Waals surface area contributed by atoms with Gasteiger partial charge in [0.2, 0.25) is 0 Å². The third-order valence-corrected chi connectivity index (χ3v) is 31.5. The van der Waals surface area contributed by atoms with Gasteiger partial charge in [0.15, 0.2) is 0 Å². The summed E-state index contributed by atoms with van der Waals surface area (Å²) in [5.74, 6) is -0.783. The average molecular weight is 830 g/mol. The van der Waals surface area contributed by atoms with Crippen molar-refractivity contribution in [1.29, 1.82) is 0 Å². The monoisotopic (exact) mass is 830 g/mol. The van der Waals surface area contributed by atoms with Gasteiger partial charge in [-0.1, -0.05) is 81.4 Å². The molecule has 2 aromatic rings. The van der Waals surface area contributed by atoms with Crippen molar-refractivity contribution in [2.75, 3.05) is 13.2 Å². The van der Waals surface area contributed by atoms with E-state index in [0.29, 0.717) is 19.6 Å². The van der Waals surface area contributed by atoms with Gasteiger partial charge >= 0.3 is 236 Å². The topological polar surface area (TPSA) is 66.4 Å². The maximum absolute atomic E-state index is 11.8. The fraction of sp³-hybridized carbons (Fsp3) is 0.674. The van der Waals surface area contributed by atoms with E-state index in [1.807, 2.05) is 20.1 Å². The number of benzene rings is 2. The number of unbranched alkanes of at least 4 members (excludes halogenated alkanes) is 3. The summed E-state index contributed by atoms with van der Waals surface area (Å²) in [6.07, 6.45) is 11.0. The molecule has 5 atom stereocenters. The molecule has 2 fully saturated rings. The fourth-order valence-electron chi connectivity index (χ4n) is 8.38. The Morgan fingerprint density at radius 1 is 0.863 bits per heavy atom. The summed E-state index contributed by atoms with van der Waals surface area (Å²) >= 11 is -2.36. The Balaban J connectivity index is 1.52. The SMILES string of the molecule is CCC[CH2][Sn]([CH2]/C=C\O[C@@H]1[C@@H](O)[C@@H]2OC(C)(C)OC[C@H]2O[C@H]1CCCO[Si](c1ccccc1)(c1ccccc1)C(C)(C)C)([CH2]CCC)[CH2]CCC. The van der Waals surface area contributed by atoms with Crippen molar-refractivity contribution < 1.29 is 28.5 Å². The van der Waals surface area contributed by atoms with E-state index in [9.17, 15) is 5.11 Å². The summed E-state index contributed by atoms with van der Waals surface area (Å²) in [5.41, 5.74) is 0. The number of fused-ring (bicyclic) bond motifs is 1. The molecule has 1 N–H and O–H groups in total. The van der Waals surface area contributed by atoms with E-state index in [0.717, 1.165) is 6.42 Å². The van der Waals surface area contributed by atoms with Crippen molar-refractivity contribution in [3.8, 4) is 0 Å². The third-order valence-electron chi connectivity index (χ3n) is 11.2. The Labute approximate surface area is 316 Å². The van der Waals surface area contributed by atoms with Crippen LogP contribution in [0.5, 0.6) is 0 Å². The number of hydrogen-bond acceptors (Lipinski definition) is 6. The number of ether oxygens (including phenoxy) is 4. The first kappa shape index (κ1) is 42.5. The van der Waals surface area contributed by atoms with E-state index in [-0.39, 0.29) is 17.2 Å². The molecule has 8 heteroatoms. The zero-order chi connectivity index (χ0) is 37.0. The first-order valence-corrected chi connectivity index (χ1v) is 30.1. The van der Waals surface area contributed by atoms with Gasteiger partial charge in [-0.3, -0.25) is 0 Å². The number of allylic oxidation sites excluding steroid dienone is 1. The minimum atomic E-state index is -2.65. The second-order valence-electron chi connectivity index (χ2n) is 16.6. The molecule has 0 aromatic heterocycles. The van der Waals surface area contributed by atoms with Crippen LogP contribution >= 0.6 is 0 Å². The van der Waals surface area contributed by atoms with Gasteiger partial charge in [0.05, 0.1) is 0 Å². The second kappa shape index (κ2) is 19.9. The molecular weight excluding hydrogens is 759 g/mol. The number of rotatable bonds is 20. The molecule has 0 spiro atoms. The molecule has 2 aliphatic rings. The normalized spacial score (nSPS) is 24.1. The summed E-state index contributed by atoms with van der Waals surface area (Å²) in [6.45, 7) is 18.7. The van der Waals surface area contributed by atoms with Crippen LogP contribution < -0.4 is 10.4 Å². The van der Waals surface area contributed by atoms with Crippen LogP contribution in [0, 0.1) is 0 Å². The van der Waals surface area contributed by atoms with Crippen molar-refractivity contribution >= 4 is 37.1 Å². The molecule has 0 bridgehead atoms. The zero-order valence-electron chi connectivity index (χ0n) is 33.2. The molecule has 51 heavy (non-hydrogen) atoms. The van der Waals surface area contributed by atoms with Crippen molar-refractivity contribution in [3.05, 3.63) is 73.0 Å². The Hall–Kier alpha value is -1.20. The van der Waals surface area contributed by atoms with Gasteiger partial charge in [-0.15, -0.1) is 0 Å². The fourth-order valence-corrected chi connectivity index (χ4v) is 28.0. The molecule has 2 heterocycles. The first-order valence-electron chi connectivity index (χ1n) is 20.1. The van der Waals surface area contributed by atoms with E-state index in [1.54, 1.807) is 0 Å². The van der Waals surface area contributed by atoms with Crippen LogP contribution in [0.4, 0.5) is 0 Å². The quantitative estimate of drug-likeness (QED) is 0.0816. The Bertz CT molecular complexity index is 1240. The van der Waals surface area contributed by atoms with Gasteiger partial charge < -0.3 is 0 Å². The summed E-state index contributed by atoms with van der Waals surface area (Å²) in [5, 5.41) is 14.3. The minimum absolute atomic E-state index is 0.0912. The number of aliphatic hydroxyl groups excluding tert-OH is 1. The molecular formula is C43H70O6SiSn. The molecule has 2 aromatic carbocycles. The molecule has 0 saturated carbocycles. The van der Waals surface area contributed by atoms with Crippen LogP contribution in [0.2, 0.25) is 22.8 Å². The third kappa shape index (κ3) is 11.2. The average Bonchev–Trinajstić information content (AvgIpc) is 3.12. The number of aliphatic hydroxyl groups is 1. The zero-order valence-corrected chi connectivity index (χ0v) is 37.1. The van der Waals surface area contributed by atoms with Crippen LogP contribution in [-0.2, 0) is 23.4 Å². The van der Waals surface area contributed by atoms with E-state index >= 15 is 0 Å². The van der Waals surface area contributed by atoms with Gasteiger partial charge in [-0.05, 0) is 0 Å². The Kier molecular flexibility index (Phi) is 16.6. The molecule has 0 amide bonds. The summed E-state index contributed by atoms with van der Waals surface area (Å²) in [7, 11) is -2.65. The van der Waals surface area contributed by atoms with Crippen molar-refractivity contribution in [2.45, 2.75) is 166 Å². The summed E-state index contributed by atoms with van der Waals surface area (Å²) in [4.78, 5) is 0. The second-order valence-corrected chi connectivity index (χ2v) is 35.0. The maximum atomic E-state index is 11.8. The molecule has 0 unspecified atom stereocenters. The van der Waals surface area contributed by atoms with E-state index < -0.39 is 50.8 Å². The Morgan fingerprint density at radius 2 is 1.41 bits per heavy atom. The predicted octanol–water partition coefficient (Wildman–Crippen LogP) is 9.37. The molecule has 0 radical (unpaired) electrons.